The Labute approximate surface area is 132 Å². The van der Waals surface area contributed by atoms with Gasteiger partial charge in [-0.1, -0.05) is 88.6 Å². The van der Waals surface area contributed by atoms with Gasteiger partial charge in [0.1, 0.15) is 0 Å². The standard InChI is InChI=1S/C14H20.C7H14/c1-11-3-7-13(8-4-11)14-9-5-12(2)6-10-14;1-7-5-3-2-4-6-7/h3-4,7-8,12,14H,5-6,9-10H2,1-2H3;7H,2-6H2,1H3. The van der Waals surface area contributed by atoms with Gasteiger partial charge in [-0.2, -0.15) is 0 Å². The molecule has 0 bridgehead atoms. The summed E-state index contributed by atoms with van der Waals surface area (Å²) in [6, 6.07) is 9.12. The third-order valence-corrected chi connectivity index (χ3v) is 5.46. The van der Waals surface area contributed by atoms with Gasteiger partial charge in [-0.15, -0.1) is 0 Å². The molecule has 3 rings (SSSR count). The maximum atomic E-state index is 2.38. The first kappa shape index (κ1) is 16.6. The maximum absolute atomic E-state index is 2.38. The first-order chi connectivity index (χ1) is 10.1. The third kappa shape index (κ3) is 5.85. The van der Waals surface area contributed by atoms with E-state index in [9.17, 15) is 0 Å². The van der Waals surface area contributed by atoms with Crippen molar-refractivity contribution in [1.82, 2.24) is 0 Å². The van der Waals surface area contributed by atoms with Crippen molar-refractivity contribution in [3.63, 3.8) is 0 Å². The molecular formula is C21H34. The highest BCUT2D eigenvalue weighted by molar-refractivity contribution is 5.24. The van der Waals surface area contributed by atoms with Crippen LogP contribution in [0.1, 0.15) is 88.7 Å². The van der Waals surface area contributed by atoms with Crippen molar-refractivity contribution in [3.8, 4) is 0 Å². The van der Waals surface area contributed by atoms with Crippen LogP contribution < -0.4 is 0 Å². The zero-order chi connectivity index (χ0) is 15.1. The van der Waals surface area contributed by atoms with E-state index in [2.05, 4.69) is 45.0 Å². The average molecular weight is 287 g/mol. The first-order valence-corrected chi connectivity index (χ1v) is 9.21. The Balaban J connectivity index is 0.000000194. The highest BCUT2D eigenvalue weighted by atomic mass is 14.2. The topological polar surface area (TPSA) is 0 Å². The number of hydrogen-bond acceptors (Lipinski definition) is 0. The minimum Gasteiger partial charge on any atom is -0.0625 e. The van der Waals surface area contributed by atoms with Crippen LogP contribution in [0.4, 0.5) is 0 Å². The van der Waals surface area contributed by atoms with E-state index in [-0.39, 0.29) is 0 Å². The highest BCUT2D eigenvalue weighted by Gasteiger charge is 2.19. The summed E-state index contributed by atoms with van der Waals surface area (Å²) in [7, 11) is 0. The van der Waals surface area contributed by atoms with Gasteiger partial charge < -0.3 is 0 Å². The summed E-state index contributed by atoms with van der Waals surface area (Å²) in [5.74, 6) is 2.83. The van der Waals surface area contributed by atoms with Crippen molar-refractivity contribution in [3.05, 3.63) is 35.4 Å². The normalized spacial score (nSPS) is 26.8. The van der Waals surface area contributed by atoms with Gasteiger partial charge in [0.25, 0.3) is 0 Å². The molecular weight excluding hydrogens is 252 g/mol. The molecule has 0 unspecified atom stereocenters. The molecule has 0 saturated heterocycles. The molecule has 1 aromatic rings. The Bertz CT molecular complexity index is 375. The molecule has 0 radical (unpaired) electrons. The molecule has 0 aliphatic heterocycles. The molecule has 2 aliphatic rings. The second-order valence-electron chi connectivity index (χ2n) is 7.61. The summed E-state index contributed by atoms with van der Waals surface area (Å²) in [5.41, 5.74) is 2.93. The minimum atomic E-state index is 0.840. The SMILES string of the molecule is CC1CCCCC1.Cc1ccc(C2CCC(C)CC2)cc1. The van der Waals surface area contributed by atoms with Crippen molar-refractivity contribution < 1.29 is 0 Å². The van der Waals surface area contributed by atoms with Crippen LogP contribution in [0.15, 0.2) is 24.3 Å². The summed E-state index contributed by atoms with van der Waals surface area (Å²) in [6.45, 7) is 6.90. The molecule has 2 saturated carbocycles. The monoisotopic (exact) mass is 286 g/mol. The molecule has 2 aliphatic carbocycles. The fraction of sp³-hybridized carbons (Fsp3) is 0.714. The summed E-state index contributed by atoms with van der Waals surface area (Å²) in [4.78, 5) is 0. The number of rotatable bonds is 1. The molecule has 2 fully saturated rings. The minimum absolute atomic E-state index is 0.840. The van der Waals surface area contributed by atoms with E-state index in [4.69, 9.17) is 0 Å². The lowest BCUT2D eigenvalue weighted by Crippen LogP contribution is -2.10. The van der Waals surface area contributed by atoms with Crippen LogP contribution in [-0.2, 0) is 0 Å². The molecule has 0 spiro atoms. The maximum Gasteiger partial charge on any atom is -0.0162 e. The van der Waals surface area contributed by atoms with Gasteiger partial charge in [-0.25, -0.2) is 0 Å². The van der Waals surface area contributed by atoms with Crippen LogP contribution in [0.5, 0.6) is 0 Å². The molecule has 0 aromatic heterocycles. The van der Waals surface area contributed by atoms with Crippen molar-refractivity contribution in [2.45, 2.75) is 84.5 Å². The Morgan fingerprint density at radius 3 is 1.67 bits per heavy atom. The number of aryl methyl sites for hydroxylation is 1. The zero-order valence-electron chi connectivity index (χ0n) is 14.4. The lowest BCUT2D eigenvalue weighted by molar-refractivity contribution is 0.348. The first-order valence-electron chi connectivity index (χ1n) is 9.21. The van der Waals surface area contributed by atoms with Crippen LogP contribution >= 0.6 is 0 Å². The second kappa shape index (κ2) is 8.61. The van der Waals surface area contributed by atoms with Gasteiger partial charge in [0.05, 0.1) is 0 Å². The third-order valence-electron chi connectivity index (χ3n) is 5.46. The molecule has 118 valence electrons. The van der Waals surface area contributed by atoms with Crippen LogP contribution in [0.2, 0.25) is 0 Å². The quantitative estimate of drug-likeness (QED) is 0.528. The van der Waals surface area contributed by atoms with Gasteiger partial charge >= 0.3 is 0 Å². The average Bonchev–Trinajstić information content (AvgIpc) is 2.50. The van der Waals surface area contributed by atoms with E-state index < -0.39 is 0 Å². The van der Waals surface area contributed by atoms with Gasteiger partial charge in [0.15, 0.2) is 0 Å². The second-order valence-corrected chi connectivity index (χ2v) is 7.61. The lowest BCUT2D eigenvalue weighted by atomic mass is 9.79. The van der Waals surface area contributed by atoms with Crippen molar-refractivity contribution in [1.29, 1.82) is 0 Å². The smallest absolute Gasteiger partial charge is 0.0162 e. The van der Waals surface area contributed by atoms with Crippen LogP contribution in [-0.4, -0.2) is 0 Å². The molecule has 0 amide bonds. The summed E-state index contributed by atoms with van der Waals surface area (Å²) in [6.07, 6.45) is 13.1. The van der Waals surface area contributed by atoms with Crippen molar-refractivity contribution in [2.24, 2.45) is 11.8 Å². The van der Waals surface area contributed by atoms with Gasteiger partial charge in [0.2, 0.25) is 0 Å². The molecule has 0 atom stereocenters. The highest BCUT2D eigenvalue weighted by Crippen LogP contribution is 2.35. The van der Waals surface area contributed by atoms with Gasteiger partial charge in [-0.3, -0.25) is 0 Å². The van der Waals surface area contributed by atoms with E-state index in [1.807, 2.05) is 0 Å². The summed E-state index contributed by atoms with van der Waals surface area (Å²) >= 11 is 0. The lowest BCUT2D eigenvalue weighted by Gasteiger charge is -2.26. The molecule has 0 heterocycles. The zero-order valence-corrected chi connectivity index (χ0v) is 14.4. The van der Waals surface area contributed by atoms with Gasteiger partial charge in [0, 0.05) is 0 Å². The van der Waals surface area contributed by atoms with E-state index in [1.165, 1.54) is 63.4 Å². The largest absolute Gasteiger partial charge is 0.0625 e. The summed E-state index contributed by atoms with van der Waals surface area (Å²) in [5, 5.41) is 0. The Morgan fingerprint density at radius 2 is 1.19 bits per heavy atom. The molecule has 0 nitrogen and oxygen atoms in total. The Kier molecular flexibility index (Phi) is 6.80. The van der Waals surface area contributed by atoms with Crippen molar-refractivity contribution in [2.75, 3.05) is 0 Å². The Morgan fingerprint density at radius 1 is 0.667 bits per heavy atom. The molecule has 0 heteroatoms. The predicted molar refractivity (Wildman–Crippen MR) is 93.8 cm³/mol. The molecule has 1 aromatic carbocycles. The van der Waals surface area contributed by atoms with Crippen LogP contribution in [0.25, 0.3) is 0 Å². The van der Waals surface area contributed by atoms with E-state index in [0.29, 0.717) is 0 Å². The predicted octanol–water partition coefficient (Wildman–Crippen LogP) is 6.88. The van der Waals surface area contributed by atoms with E-state index in [1.54, 1.807) is 5.56 Å². The number of benzene rings is 1. The van der Waals surface area contributed by atoms with Crippen molar-refractivity contribution >= 4 is 0 Å². The van der Waals surface area contributed by atoms with Crippen LogP contribution in [0, 0.1) is 18.8 Å². The van der Waals surface area contributed by atoms with Gasteiger partial charge in [-0.05, 0) is 43.1 Å². The fourth-order valence-electron chi connectivity index (χ4n) is 3.74. The number of hydrogen-bond donors (Lipinski definition) is 0. The van der Waals surface area contributed by atoms with E-state index >= 15 is 0 Å². The molecule has 0 N–H and O–H groups in total. The summed E-state index contributed by atoms with van der Waals surface area (Å²) < 4.78 is 0. The van der Waals surface area contributed by atoms with Crippen LogP contribution in [0.3, 0.4) is 0 Å². The van der Waals surface area contributed by atoms with E-state index in [0.717, 1.165) is 17.8 Å². The Hall–Kier alpha value is -0.780. The fourth-order valence-corrected chi connectivity index (χ4v) is 3.74. The molecule has 21 heavy (non-hydrogen) atoms.